The second-order valence-electron chi connectivity index (χ2n) is 12.6. The van der Waals surface area contributed by atoms with Crippen molar-refractivity contribution in [2.45, 2.75) is 69.6 Å². The van der Waals surface area contributed by atoms with Crippen LogP contribution in [-0.2, 0) is 23.1 Å². The third-order valence-electron chi connectivity index (χ3n) is 10.4. The number of piperidine rings is 1. The van der Waals surface area contributed by atoms with Gasteiger partial charge in [-0.05, 0) is 98.9 Å². The van der Waals surface area contributed by atoms with E-state index in [1.807, 2.05) is 49.2 Å². The van der Waals surface area contributed by atoms with Crippen LogP contribution in [0.2, 0.25) is 0 Å². The number of likely N-dealkylation sites (tertiary alicyclic amines) is 1. The SMILES string of the molecule is Cc1cccc(C#CC(=O)N(C)[C@@H]2CC[C@H]3[C@H]4Cc5c(C)cc(O)c6c5[C@@]3(CCN4CCc3ccccc3)[C@H]2O6)c1. The molecule has 5 nitrogen and oxygen atoms in total. The zero-order chi connectivity index (χ0) is 28.3. The molecule has 1 saturated heterocycles. The van der Waals surface area contributed by atoms with E-state index in [4.69, 9.17) is 4.74 Å². The predicted molar refractivity (Wildman–Crippen MR) is 160 cm³/mol. The fourth-order valence-electron chi connectivity index (χ4n) is 8.54. The van der Waals surface area contributed by atoms with Crippen molar-refractivity contribution in [1.29, 1.82) is 0 Å². The Hall–Kier alpha value is -3.75. The number of rotatable bonds is 4. The van der Waals surface area contributed by atoms with Crippen molar-refractivity contribution in [2.75, 3.05) is 20.1 Å². The van der Waals surface area contributed by atoms with Crippen LogP contribution >= 0.6 is 0 Å². The quantitative estimate of drug-likeness (QED) is 0.459. The monoisotopic (exact) mass is 546 g/mol. The Morgan fingerprint density at radius 1 is 1.12 bits per heavy atom. The van der Waals surface area contributed by atoms with Gasteiger partial charge in [0.15, 0.2) is 11.5 Å². The van der Waals surface area contributed by atoms with Crippen LogP contribution < -0.4 is 4.74 Å². The molecule has 41 heavy (non-hydrogen) atoms. The molecule has 7 rings (SSSR count). The fourth-order valence-corrected chi connectivity index (χ4v) is 8.54. The summed E-state index contributed by atoms with van der Waals surface area (Å²) in [5, 5.41) is 11.1. The number of ether oxygens (including phenoxy) is 1. The molecule has 4 aliphatic rings. The molecular weight excluding hydrogens is 508 g/mol. The minimum absolute atomic E-state index is 0.0971. The molecular formula is C36H38N2O3. The molecule has 0 radical (unpaired) electrons. The predicted octanol–water partition coefficient (Wildman–Crippen LogP) is 5.17. The summed E-state index contributed by atoms with van der Waals surface area (Å²) in [6.07, 6.45) is 4.74. The van der Waals surface area contributed by atoms with Crippen molar-refractivity contribution in [2.24, 2.45) is 5.92 Å². The van der Waals surface area contributed by atoms with Crippen LogP contribution in [0.25, 0.3) is 0 Å². The molecule has 2 fully saturated rings. The number of aromatic hydroxyl groups is 1. The zero-order valence-corrected chi connectivity index (χ0v) is 24.2. The Balaban J connectivity index is 1.21. The second-order valence-corrected chi connectivity index (χ2v) is 12.6. The molecule has 2 aliphatic carbocycles. The average Bonchev–Trinajstić information content (AvgIpc) is 3.32. The van der Waals surface area contributed by atoms with Gasteiger partial charge in [0.05, 0.1) is 6.04 Å². The van der Waals surface area contributed by atoms with Crippen molar-refractivity contribution in [3.63, 3.8) is 0 Å². The maximum absolute atomic E-state index is 13.4. The Morgan fingerprint density at radius 3 is 2.76 bits per heavy atom. The van der Waals surface area contributed by atoms with Crippen LogP contribution in [-0.4, -0.2) is 59.1 Å². The van der Waals surface area contributed by atoms with Gasteiger partial charge in [0.1, 0.15) is 6.10 Å². The molecule has 2 heterocycles. The number of hydrogen-bond donors (Lipinski definition) is 1. The number of amides is 1. The Kier molecular flexibility index (Phi) is 6.36. The summed E-state index contributed by atoms with van der Waals surface area (Å²) in [6.45, 7) is 6.20. The standard InChI is InChI=1S/C36H38N2O3/c1-23-8-7-11-26(20-23)12-15-32(40)37(3)29-14-13-28-30-22-27-24(2)21-31(39)34-33(27)36(28,35(29)41-34)17-19-38(30)18-16-25-9-5-4-6-10-25/h4-11,20-21,28-30,35,39H,13-14,16-19,22H2,1-3H3/t28-,29+,30+,35-,36-/m0/s1. The number of benzene rings is 3. The highest BCUT2D eigenvalue weighted by Gasteiger charge is 2.66. The normalized spacial score (nSPS) is 27.3. The second kappa shape index (κ2) is 9.96. The highest BCUT2D eigenvalue weighted by atomic mass is 16.5. The number of aryl methyl sites for hydroxylation is 2. The molecule has 1 N–H and O–H groups in total. The topological polar surface area (TPSA) is 53.0 Å². The van der Waals surface area contributed by atoms with E-state index < -0.39 is 0 Å². The first-order valence-electron chi connectivity index (χ1n) is 15.0. The number of carbonyl (C=O) groups is 1. The van der Waals surface area contributed by atoms with Crippen LogP contribution in [0.1, 0.15) is 52.6 Å². The summed E-state index contributed by atoms with van der Waals surface area (Å²) < 4.78 is 6.78. The summed E-state index contributed by atoms with van der Waals surface area (Å²) in [4.78, 5) is 18.0. The summed E-state index contributed by atoms with van der Waals surface area (Å²) in [5.41, 5.74) is 6.89. The molecule has 2 bridgehead atoms. The molecule has 0 unspecified atom stereocenters. The van der Waals surface area contributed by atoms with Gasteiger partial charge in [0, 0.05) is 42.1 Å². The largest absolute Gasteiger partial charge is 0.504 e. The maximum Gasteiger partial charge on any atom is 0.298 e. The lowest BCUT2D eigenvalue weighted by Gasteiger charge is -2.60. The molecule has 1 saturated carbocycles. The molecule has 0 aromatic heterocycles. The molecule has 5 heteroatoms. The molecule has 2 aliphatic heterocycles. The van der Waals surface area contributed by atoms with Gasteiger partial charge >= 0.3 is 0 Å². The van der Waals surface area contributed by atoms with E-state index in [1.54, 1.807) is 0 Å². The van der Waals surface area contributed by atoms with Gasteiger partial charge in [-0.25, -0.2) is 0 Å². The highest BCUT2D eigenvalue weighted by molar-refractivity contribution is 5.94. The van der Waals surface area contributed by atoms with Crippen molar-refractivity contribution < 1.29 is 14.6 Å². The first-order chi connectivity index (χ1) is 19.9. The van der Waals surface area contributed by atoms with Gasteiger partial charge in [0.25, 0.3) is 5.91 Å². The lowest BCUT2D eigenvalue weighted by Crippen LogP contribution is -2.69. The van der Waals surface area contributed by atoms with E-state index >= 15 is 0 Å². The minimum Gasteiger partial charge on any atom is -0.504 e. The number of phenolic OH excluding ortho intramolecular Hbond substituents is 1. The fraction of sp³-hybridized carbons (Fsp3) is 0.417. The number of nitrogens with zero attached hydrogens (tertiary/aromatic N) is 2. The first kappa shape index (κ1) is 26.2. The van der Waals surface area contributed by atoms with Crippen molar-refractivity contribution >= 4 is 5.91 Å². The van der Waals surface area contributed by atoms with Gasteiger partial charge in [0.2, 0.25) is 0 Å². The molecule has 210 valence electrons. The van der Waals surface area contributed by atoms with Gasteiger partial charge < -0.3 is 14.7 Å². The van der Waals surface area contributed by atoms with Crippen LogP contribution in [0, 0.1) is 31.6 Å². The molecule has 3 aromatic carbocycles. The molecule has 1 amide bonds. The molecule has 3 aromatic rings. The van der Waals surface area contributed by atoms with Crippen LogP contribution in [0.15, 0.2) is 60.7 Å². The lowest BCUT2D eigenvalue weighted by molar-refractivity contribution is -0.134. The van der Waals surface area contributed by atoms with E-state index in [-0.39, 0.29) is 29.2 Å². The third kappa shape index (κ3) is 4.15. The summed E-state index contributed by atoms with van der Waals surface area (Å²) in [7, 11) is 1.88. The van der Waals surface area contributed by atoms with E-state index in [9.17, 15) is 9.90 Å². The van der Waals surface area contributed by atoms with Crippen molar-refractivity contribution in [1.82, 2.24) is 9.80 Å². The summed E-state index contributed by atoms with van der Waals surface area (Å²) in [6, 6.07) is 20.9. The number of hydrogen-bond acceptors (Lipinski definition) is 4. The van der Waals surface area contributed by atoms with Gasteiger partial charge in [-0.15, -0.1) is 0 Å². The van der Waals surface area contributed by atoms with Crippen LogP contribution in [0.5, 0.6) is 11.5 Å². The number of phenols is 1. The van der Waals surface area contributed by atoms with Gasteiger partial charge in [-0.3, -0.25) is 9.69 Å². The molecule has 1 spiro atoms. The number of carbonyl (C=O) groups excluding carboxylic acids is 1. The van der Waals surface area contributed by atoms with E-state index in [1.165, 1.54) is 16.7 Å². The van der Waals surface area contributed by atoms with Gasteiger partial charge in [-0.1, -0.05) is 48.4 Å². The Labute approximate surface area is 243 Å². The van der Waals surface area contributed by atoms with E-state index in [2.05, 4.69) is 54.0 Å². The smallest absolute Gasteiger partial charge is 0.298 e. The summed E-state index contributed by atoms with van der Waals surface area (Å²) in [5.74, 6) is 7.13. The van der Waals surface area contributed by atoms with Crippen LogP contribution in [0.4, 0.5) is 0 Å². The Morgan fingerprint density at radius 2 is 1.95 bits per heavy atom. The Bertz CT molecular complexity index is 1570. The maximum atomic E-state index is 13.4. The van der Waals surface area contributed by atoms with Crippen LogP contribution in [0.3, 0.4) is 0 Å². The highest BCUT2D eigenvalue weighted by Crippen LogP contribution is 2.64. The van der Waals surface area contributed by atoms with Crippen molar-refractivity contribution in [3.8, 4) is 23.3 Å². The summed E-state index contributed by atoms with van der Waals surface area (Å²) >= 11 is 0. The van der Waals surface area contributed by atoms with Crippen molar-refractivity contribution in [3.05, 3.63) is 94.0 Å². The molecule has 5 atom stereocenters. The zero-order valence-electron chi connectivity index (χ0n) is 24.2. The first-order valence-corrected chi connectivity index (χ1v) is 15.0. The van der Waals surface area contributed by atoms with Gasteiger partial charge in [-0.2, -0.15) is 0 Å². The third-order valence-corrected chi connectivity index (χ3v) is 10.4. The number of likely N-dealkylation sites (N-methyl/N-ethyl adjacent to an activating group) is 1. The average molecular weight is 547 g/mol. The van der Waals surface area contributed by atoms with E-state index in [0.717, 1.165) is 61.9 Å². The lowest BCUT2D eigenvalue weighted by atomic mass is 9.50. The minimum atomic E-state index is -0.193. The van der Waals surface area contributed by atoms with E-state index in [0.29, 0.717) is 17.7 Å².